The number of nitrogens with zero attached hydrogens (tertiary/aromatic N) is 1. The average Bonchev–Trinajstić information content (AvgIpc) is 2.45. The van der Waals surface area contributed by atoms with Gasteiger partial charge in [-0.25, -0.2) is 0 Å². The molecule has 1 atom stereocenters. The highest BCUT2D eigenvalue weighted by molar-refractivity contribution is 7.80. The number of benzene rings is 2. The molecule has 0 fully saturated rings. The molecule has 0 saturated carbocycles. The third-order valence-electron chi connectivity index (χ3n) is 3.56. The van der Waals surface area contributed by atoms with E-state index in [0.29, 0.717) is 5.92 Å². The smallest absolute Gasteiger partial charge is 0.0231 e. The van der Waals surface area contributed by atoms with Gasteiger partial charge in [-0.05, 0) is 30.9 Å². The third-order valence-corrected chi connectivity index (χ3v) is 4.00. The number of likely N-dealkylation sites (N-methyl/N-ethyl adjacent to an activating group) is 1. The fourth-order valence-electron chi connectivity index (χ4n) is 2.56. The summed E-state index contributed by atoms with van der Waals surface area (Å²) >= 11 is 4.52. The summed E-state index contributed by atoms with van der Waals surface area (Å²) in [5.41, 5.74) is 4.07. The monoisotopic (exact) mass is 285 g/mol. The molecule has 1 nitrogen and oxygen atoms in total. The molecule has 0 N–H and O–H groups in total. The first-order chi connectivity index (χ1) is 9.69. The highest BCUT2D eigenvalue weighted by Gasteiger charge is 2.12. The van der Waals surface area contributed by atoms with E-state index in [1.54, 1.807) is 0 Å². The van der Waals surface area contributed by atoms with E-state index in [4.69, 9.17) is 0 Å². The molecule has 0 aliphatic rings. The summed E-state index contributed by atoms with van der Waals surface area (Å²) in [6.45, 7) is 4.16. The maximum Gasteiger partial charge on any atom is 0.0231 e. The van der Waals surface area contributed by atoms with Gasteiger partial charge in [0.2, 0.25) is 0 Å². The number of hydrogen-bond acceptors (Lipinski definition) is 2. The van der Waals surface area contributed by atoms with Crippen LogP contribution in [0.4, 0.5) is 0 Å². The minimum Gasteiger partial charge on any atom is -0.301 e. The molecule has 0 spiro atoms. The lowest BCUT2D eigenvalue weighted by atomic mass is 10.0. The van der Waals surface area contributed by atoms with Crippen LogP contribution in [0.1, 0.15) is 22.6 Å². The van der Waals surface area contributed by atoms with Crippen LogP contribution in [0.15, 0.2) is 54.6 Å². The lowest BCUT2D eigenvalue weighted by Gasteiger charge is -2.23. The molecule has 0 heterocycles. The minimum atomic E-state index is 0.481. The van der Waals surface area contributed by atoms with E-state index in [0.717, 1.165) is 18.8 Å². The van der Waals surface area contributed by atoms with Crippen molar-refractivity contribution < 1.29 is 0 Å². The van der Waals surface area contributed by atoms with Crippen molar-refractivity contribution in [3.63, 3.8) is 0 Å². The Morgan fingerprint density at radius 3 is 2.45 bits per heavy atom. The van der Waals surface area contributed by atoms with Crippen LogP contribution < -0.4 is 0 Å². The number of aryl methyl sites for hydroxylation is 1. The molecule has 0 aromatic heterocycles. The SMILES string of the molecule is Cc1cccc(CN(C)CC(CS)c2ccccc2)c1. The molecular weight excluding hydrogens is 262 g/mol. The fourth-order valence-corrected chi connectivity index (χ4v) is 2.88. The zero-order chi connectivity index (χ0) is 14.4. The Morgan fingerprint density at radius 2 is 1.80 bits per heavy atom. The van der Waals surface area contributed by atoms with E-state index < -0.39 is 0 Å². The Kier molecular flexibility index (Phi) is 5.69. The minimum absolute atomic E-state index is 0.481. The van der Waals surface area contributed by atoms with Gasteiger partial charge in [-0.2, -0.15) is 12.6 Å². The van der Waals surface area contributed by atoms with Gasteiger partial charge in [0.15, 0.2) is 0 Å². The molecule has 0 saturated heterocycles. The molecule has 0 aliphatic heterocycles. The maximum atomic E-state index is 4.52. The summed E-state index contributed by atoms with van der Waals surface area (Å²) in [6, 6.07) is 19.4. The Bertz CT molecular complexity index is 524. The van der Waals surface area contributed by atoms with Crippen LogP contribution in [0.25, 0.3) is 0 Å². The molecule has 2 aromatic carbocycles. The molecule has 0 bridgehead atoms. The maximum absolute atomic E-state index is 4.52. The predicted octanol–water partition coefficient (Wildman–Crippen LogP) is 4.14. The topological polar surface area (TPSA) is 3.24 Å². The molecule has 2 aromatic rings. The van der Waals surface area contributed by atoms with Crippen molar-refractivity contribution in [2.75, 3.05) is 19.3 Å². The largest absolute Gasteiger partial charge is 0.301 e. The van der Waals surface area contributed by atoms with Gasteiger partial charge in [-0.3, -0.25) is 0 Å². The third kappa shape index (κ3) is 4.39. The van der Waals surface area contributed by atoms with E-state index in [9.17, 15) is 0 Å². The highest BCUT2D eigenvalue weighted by atomic mass is 32.1. The van der Waals surface area contributed by atoms with Crippen molar-refractivity contribution in [1.82, 2.24) is 4.90 Å². The summed E-state index contributed by atoms with van der Waals surface area (Å²) in [7, 11) is 2.18. The van der Waals surface area contributed by atoms with E-state index in [-0.39, 0.29) is 0 Å². The molecule has 0 radical (unpaired) electrons. The van der Waals surface area contributed by atoms with Crippen LogP contribution in [-0.2, 0) is 6.54 Å². The van der Waals surface area contributed by atoms with E-state index in [2.05, 4.69) is 86.1 Å². The summed E-state index contributed by atoms with van der Waals surface area (Å²) in [6.07, 6.45) is 0. The molecular formula is C18H23NS. The van der Waals surface area contributed by atoms with Gasteiger partial charge in [0.25, 0.3) is 0 Å². The fraction of sp³-hybridized carbons (Fsp3) is 0.333. The van der Waals surface area contributed by atoms with Crippen LogP contribution in [-0.4, -0.2) is 24.2 Å². The average molecular weight is 285 g/mol. The number of rotatable bonds is 6. The van der Waals surface area contributed by atoms with Crippen molar-refractivity contribution in [3.05, 3.63) is 71.3 Å². The molecule has 106 valence electrons. The molecule has 0 amide bonds. The lowest BCUT2D eigenvalue weighted by Crippen LogP contribution is -2.25. The second-order valence-corrected chi connectivity index (χ2v) is 5.84. The molecule has 2 rings (SSSR count). The first-order valence-corrected chi connectivity index (χ1v) is 7.72. The standard InChI is InChI=1S/C18H23NS/c1-15-7-6-8-16(11-15)12-19(2)13-18(14-20)17-9-4-3-5-10-17/h3-11,18,20H,12-14H2,1-2H3. The summed E-state index contributed by atoms with van der Waals surface area (Å²) < 4.78 is 0. The summed E-state index contributed by atoms with van der Waals surface area (Å²) in [4.78, 5) is 2.38. The van der Waals surface area contributed by atoms with Gasteiger partial charge in [-0.15, -0.1) is 0 Å². The van der Waals surface area contributed by atoms with Gasteiger partial charge in [0.1, 0.15) is 0 Å². The first-order valence-electron chi connectivity index (χ1n) is 7.09. The van der Waals surface area contributed by atoms with Gasteiger partial charge in [0.05, 0.1) is 0 Å². The Hall–Kier alpha value is -1.25. The van der Waals surface area contributed by atoms with Crippen molar-refractivity contribution in [2.45, 2.75) is 19.4 Å². The van der Waals surface area contributed by atoms with Crippen LogP contribution in [0.5, 0.6) is 0 Å². The van der Waals surface area contributed by atoms with E-state index in [1.807, 2.05) is 0 Å². The molecule has 0 aliphatic carbocycles. The Morgan fingerprint density at radius 1 is 1.05 bits per heavy atom. The zero-order valence-electron chi connectivity index (χ0n) is 12.3. The van der Waals surface area contributed by atoms with Crippen molar-refractivity contribution in [1.29, 1.82) is 0 Å². The predicted molar refractivity (Wildman–Crippen MR) is 90.5 cm³/mol. The normalized spacial score (nSPS) is 12.6. The summed E-state index contributed by atoms with van der Waals surface area (Å²) in [5.74, 6) is 1.36. The van der Waals surface area contributed by atoms with Crippen LogP contribution in [0.3, 0.4) is 0 Å². The highest BCUT2D eigenvalue weighted by Crippen LogP contribution is 2.19. The van der Waals surface area contributed by atoms with Gasteiger partial charge < -0.3 is 4.90 Å². The number of thiol groups is 1. The van der Waals surface area contributed by atoms with Crippen molar-refractivity contribution in [3.8, 4) is 0 Å². The van der Waals surface area contributed by atoms with Crippen molar-refractivity contribution >= 4 is 12.6 Å². The van der Waals surface area contributed by atoms with Gasteiger partial charge in [-0.1, -0.05) is 60.2 Å². The Labute approximate surface area is 128 Å². The van der Waals surface area contributed by atoms with Crippen LogP contribution >= 0.6 is 12.6 Å². The second-order valence-electron chi connectivity index (χ2n) is 5.48. The van der Waals surface area contributed by atoms with Crippen LogP contribution in [0.2, 0.25) is 0 Å². The van der Waals surface area contributed by atoms with E-state index >= 15 is 0 Å². The quantitative estimate of drug-likeness (QED) is 0.781. The number of hydrogen-bond donors (Lipinski definition) is 1. The van der Waals surface area contributed by atoms with Crippen molar-refractivity contribution in [2.24, 2.45) is 0 Å². The molecule has 2 heteroatoms. The second kappa shape index (κ2) is 7.51. The summed E-state index contributed by atoms with van der Waals surface area (Å²) in [5, 5.41) is 0. The zero-order valence-corrected chi connectivity index (χ0v) is 13.2. The van der Waals surface area contributed by atoms with E-state index in [1.165, 1.54) is 16.7 Å². The molecule has 20 heavy (non-hydrogen) atoms. The van der Waals surface area contributed by atoms with Gasteiger partial charge in [0, 0.05) is 19.0 Å². The first kappa shape index (κ1) is 15.1. The molecule has 1 unspecified atom stereocenters. The van der Waals surface area contributed by atoms with Gasteiger partial charge >= 0.3 is 0 Å². The Balaban J connectivity index is 1.97. The van der Waals surface area contributed by atoms with Crippen LogP contribution in [0, 0.1) is 6.92 Å². The lowest BCUT2D eigenvalue weighted by molar-refractivity contribution is 0.311.